The van der Waals surface area contributed by atoms with Crippen molar-refractivity contribution in [2.24, 2.45) is 0 Å². The molecule has 226 valence electrons. The molecular formula is C32H39Cl2N3O4S. The van der Waals surface area contributed by atoms with Gasteiger partial charge in [-0.05, 0) is 41.7 Å². The molecule has 0 bridgehead atoms. The molecule has 3 rings (SSSR count). The van der Waals surface area contributed by atoms with Gasteiger partial charge in [-0.25, -0.2) is 8.42 Å². The molecule has 3 aromatic rings. The van der Waals surface area contributed by atoms with Gasteiger partial charge < -0.3 is 10.2 Å². The van der Waals surface area contributed by atoms with Crippen LogP contribution in [0.25, 0.3) is 0 Å². The third-order valence-electron chi connectivity index (χ3n) is 7.00. The van der Waals surface area contributed by atoms with Crippen molar-refractivity contribution in [2.75, 3.05) is 23.7 Å². The molecule has 0 spiro atoms. The van der Waals surface area contributed by atoms with E-state index >= 15 is 0 Å². The maximum absolute atomic E-state index is 14.3. The molecule has 1 atom stereocenters. The van der Waals surface area contributed by atoms with E-state index in [1.807, 2.05) is 63.2 Å². The van der Waals surface area contributed by atoms with Crippen LogP contribution >= 0.6 is 23.2 Å². The fourth-order valence-corrected chi connectivity index (χ4v) is 6.10. The molecule has 0 radical (unpaired) electrons. The summed E-state index contributed by atoms with van der Waals surface area (Å²) < 4.78 is 27.4. The molecule has 3 aromatic carbocycles. The normalized spacial score (nSPS) is 12.2. The fourth-order valence-electron chi connectivity index (χ4n) is 4.71. The highest BCUT2D eigenvalue weighted by Crippen LogP contribution is 2.31. The van der Waals surface area contributed by atoms with E-state index < -0.39 is 28.5 Å². The number of hydrogen-bond donors (Lipinski definition) is 1. The van der Waals surface area contributed by atoms with E-state index in [4.69, 9.17) is 23.2 Å². The third-order valence-corrected chi connectivity index (χ3v) is 8.83. The largest absolute Gasteiger partial charge is 0.354 e. The lowest BCUT2D eigenvalue weighted by molar-refractivity contribution is -0.140. The zero-order chi connectivity index (χ0) is 30.9. The van der Waals surface area contributed by atoms with Gasteiger partial charge in [0.15, 0.2) is 0 Å². The second-order valence-corrected chi connectivity index (χ2v) is 13.3. The molecule has 0 saturated heterocycles. The number of carbonyl (C=O) groups is 2. The topological polar surface area (TPSA) is 86.8 Å². The monoisotopic (exact) mass is 631 g/mol. The van der Waals surface area contributed by atoms with Gasteiger partial charge in [-0.2, -0.15) is 0 Å². The first-order valence-corrected chi connectivity index (χ1v) is 16.6. The number of anilines is 1. The SMILES string of the molecule is CCCCNC(=O)[C@H](Cc1ccccc1)N(Cc1c(Cl)cccc1Cl)C(=O)CN(c1ccccc1C(C)C)S(C)(=O)=O. The summed E-state index contributed by atoms with van der Waals surface area (Å²) in [6.07, 6.45) is 2.96. The number of rotatable bonds is 14. The lowest BCUT2D eigenvalue weighted by Crippen LogP contribution is -2.53. The first-order valence-electron chi connectivity index (χ1n) is 14.0. The Morgan fingerprint density at radius 2 is 1.52 bits per heavy atom. The number of carbonyl (C=O) groups excluding carboxylic acids is 2. The predicted molar refractivity (Wildman–Crippen MR) is 172 cm³/mol. The Labute approximate surface area is 259 Å². The predicted octanol–water partition coefficient (Wildman–Crippen LogP) is 6.44. The fraction of sp³-hybridized carbons (Fsp3) is 0.375. The molecule has 10 heteroatoms. The van der Waals surface area contributed by atoms with Crippen LogP contribution in [0.1, 0.15) is 56.2 Å². The van der Waals surface area contributed by atoms with Crippen LogP contribution < -0.4 is 9.62 Å². The van der Waals surface area contributed by atoms with Gasteiger partial charge in [0.05, 0.1) is 11.9 Å². The summed E-state index contributed by atoms with van der Waals surface area (Å²) >= 11 is 13.1. The maximum atomic E-state index is 14.3. The minimum Gasteiger partial charge on any atom is -0.354 e. The number of sulfonamides is 1. The van der Waals surface area contributed by atoms with Gasteiger partial charge in [0, 0.05) is 35.1 Å². The summed E-state index contributed by atoms with van der Waals surface area (Å²) in [5.41, 5.74) is 2.53. The zero-order valence-corrected chi connectivity index (χ0v) is 26.8. The highest BCUT2D eigenvalue weighted by atomic mass is 35.5. The van der Waals surface area contributed by atoms with Gasteiger partial charge in [-0.3, -0.25) is 13.9 Å². The number of unbranched alkanes of at least 4 members (excludes halogenated alkanes) is 1. The highest BCUT2D eigenvalue weighted by molar-refractivity contribution is 7.92. The molecule has 0 unspecified atom stereocenters. The van der Waals surface area contributed by atoms with Crippen molar-refractivity contribution >= 4 is 50.7 Å². The van der Waals surface area contributed by atoms with Gasteiger partial charge in [-0.1, -0.05) is 105 Å². The van der Waals surface area contributed by atoms with Crippen molar-refractivity contribution in [3.05, 3.63) is 99.5 Å². The van der Waals surface area contributed by atoms with Gasteiger partial charge in [0.25, 0.3) is 0 Å². The van der Waals surface area contributed by atoms with Crippen LogP contribution in [-0.4, -0.2) is 50.5 Å². The van der Waals surface area contributed by atoms with Crippen molar-refractivity contribution < 1.29 is 18.0 Å². The zero-order valence-electron chi connectivity index (χ0n) is 24.5. The number of nitrogens with zero attached hydrogens (tertiary/aromatic N) is 2. The molecule has 0 aliphatic rings. The average Bonchev–Trinajstić information content (AvgIpc) is 2.94. The molecule has 2 amide bonds. The van der Waals surface area contributed by atoms with E-state index in [-0.39, 0.29) is 24.8 Å². The van der Waals surface area contributed by atoms with Crippen LogP contribution in [0.2, 0.25) is 10.0 Å². The summed E-state index contributed by atoms with van der Waals surface area (Å²) in [5, 5.41) is 3.65. The minimum atomic E-state index is -3.88. The van der Waals surface area contributed by atoms with E-state index in [1.54, 1.807) is 30.3 Å². The second-order valence-electron chi connectivity index (χ2n) is 10.6. The molecule has 0 aliphatic heterocycles. The van der Waals surface area contributed by atoms with E-state index in [1.165, 1.54) is 4.90 Å². The molecule has 0 aliphatic carbocycles. The molecule has 7 nitrogen and oxygen atoms in total. The Hall–Kier alpha value is -3.07. The Morgan fingerprint density at radius 1 is 0.905 bits per heavy atom. The van der Waals surface area contributed by atoms with Crippen molar-refractivity contribution in [1.29, 1.82) is 0 Å². The number of amides is 2. The van der Waals surface area contributed by atoms with Crippen LogP contribution in [0.3, 0.4) is 0 Å². The Balaban J connectivity index is 2.12. The van der Waals surface area contributed by atoms with Crippen LogP contribution in [0.4, 0.5) is 5.69 Å². The summed E-state index contributed by atoms with van der Waals surface area (Å²) in [4.78, 5) is 29.4. The van der Waals surface area contributed by atoms with E-state index in [0.717, 1.165) is 34.5 Å². The smallest absolute Gasteiger partial charge is 0.244 e. The molecule has 0 heterocycles. The van der Waals surface area contributed by atoms with Gasteiger partial charge in [0.2, 0.25) is 21.8 Å². The number of halogens is 2. The van der Waals surface area contributed by atoms with Crippen molar-refractivity contribution in [3.63, 3.8) is 0 Å². The van der Waals surface area contributed by atoms with Gasteiger partial charge >= 0.3 is 0 Å². The molecule has 1 N–H and O–H groups in total. The van der Waals surface area contributed by atoms with Crippen molar-refractivity contribution in [2.45, 2.75) is 58.5 Å². The summed E-state index contributed by atoms with van der Waals surface area (Å²) in [7, 11) is -3.88. The van der Waals surface area contributed by atoms with Crippen LogP contribution in [-0.2, 0) is 32.6 Å². The maximum Gasteiger partial charge on any atom is 0.244 e. The summed E-state index contributed by atoms with van der Waals surface area (Å²) in [5.74, 6) is -0.882. The molecule has 0 aromatic heterocycles. The standard InChI is InChI=1S/C32H39Cl2N3O4S/c1-5-6-19-35-32(39)30(20-24-13-8-7-9-14-24)36(21-26-27(33)16-12-17-28(26)34)31(38)22-37(42(4,40)41)29-18-11-10-15-25(29)23(2)3/h7-18,23,30H,5-6,19-22H2,1-4H3,(H,35,39)/t30-/m0/s1. The second kappa shape index (κ2) is 15.4. The third kappa shape index (κ3) is 8.96. The van der Waals surface area contributed by atoms with E-state index in [9.17, 15) is 18.0 Å². The first-order chi connectivity index (χ1) is 19.9. The van der Waals surface area contributed by atoms with Crippen LogP contribution in [0, 0.1) is 0 Å². The first kappa shape index (κ1) is 33.4. The molecule has 42 heavy (non-hydrogen) atoms. The van der Waals surface area contributed by atoms with E-state index in [0.29, 0.717) is 27.8 Å². The summed E-state index contributed by atoms with van der Waals surface area (Å²) in [6, 6.07) is 20.6. The Kier molecular flexibility index (Phi) is 12.3. The molecule has 0 saturated carbocycles. The van der Waals surface area contributed by atoms with Crippen molar-refractivity contribution in [1.82, 2.24) is 10.2 Å². The van der Waals surface area contributed by atoms with Crippen molar-refractivity contribution in [3.8, 4) is 0 Å². The quantitative estimate of drug-likeness (QED) is 0.207. The Bertz CT molecular complexity index is 1450. The number of hydrogen-bond acceptors (Lipinski definition) is 4. The number of para-hydroxylation sites is 1. The minimum absolute atomic E-state index is 0.00811. The Morgan fingerprint density at radius 3 is 2.12 bits per heavy atom. The molecule has 0 fully saturated rings. The lowest BCUT2D eigenvalue weighted by atomic mass is 10.0. The average molecular weight is 633 g/mol. The molecular weight excluding hydrogens is 593 g/mol. The van der Waals surface area contributed by atoms with Gasteiger partial charge in [-0.15, -0.1) is 0 Å². The highest BCUT2D eigenvalue weighted by Gasteiger charge is 2.34. The summed E-state index contributed by atoms with van der Waals surface area (Å²) in [6.45, 7) is 5.81. The lowest BCUT2D eigenvalue weighted by Gasteiger charge is -2.34. The van der Waals surface area contributed by atoms with E-state index in [2.05, 4.69) is 5.32 Å². The number of benzene rings is 3. The number of nitrogens with one attached hydrogen (secondary N) is 1. The van der Waals surface area contributed by atoms with Crippen LogP contribution in [0.5, 0.6) is 0 Å². The van der Waals surface area contributed by atoms with Gasteiger partial charge in [0.1, 0.15) is 12.6 Å². The van der Waals surface area contributed by atoms with Crippen LogP contribution in [0.15, 0.2) is 72.8 Å².